The van der Waals surface area contributed by atoms with Gasteiger partial charge in [0.25, 0.3) is 5.91 Å². The molecule has 0 unspecified atom stereocenters. The lowest BCUT2D eigenvalue weighted by Gasteiger charge is -2.05. The number of benzene rings is 1. The number of carbonyl (C=O) groups excluding carboxylic acids is 1. The van der Waals surface area contributed by atoms with Gasteiger partial charge in [-0.15, -0.1) is 0 Å². The van der Waals surface area contributed by atoms with E-state index in [9.17, 15) is 4.79 Å². The maximum absolute atomic E-state index is 11.9. The van der Waals surface area contributed by atoms with Crippen LogP contribution in [0.1, 0.15) is 10.4 Å². The molecule has 1 aromatic heterocycles. The summed E-state index contributed by atoms with van der Waals surface area (Å²) in [5.41, 5.74) is 0.386. The van der Waals surface area contributed by atoms with Crippen LogP contribution < -0.4 is 5.32 Å². The first-order valence-electron chi connectivity index (χ1n) is 4.93. The van der Waals surface area contributed by atoms with Crippen molar-refractivity contribution in [1.82, 2.24) is 4.98 Å². The number of nitrogens with zero attached hydrogens (tertiary/aromatic N) is 1. The molecule has 18 heavy (non-hydrogen) atoms. The zero-order valence-electron chi connectivity index (χ0n) is 8.95. The van der Waals surface area contributed by atoms with Gasteiger partial charge in [0, 0.05) is 26.3 Å². The Balaban J connectivity index is 2.19. The number of anilines is 1. The van der Waals surface area contributed by atoms with Gasteiger partial charge in [0.1, 0.15) is 5.82 Å². The molecule has 6 heteroatoms. The van der Waals surface area contributed by atoms with E-state index in [1.807, 2.05) is 0 Å². The van der Waals surface area contributed by atoms with E-state index < -0.39 is 0 Å². The van der Waals surface area contributed by atoms with Gasteiger partial charge in [0.2, 0.25) is 0 Å². The first-order chi connectivity index (χ1) is 8.54. The largest absolute Gasteiger partial charge is 0.307 e. The SMILES string of the molecule is O=C(Nc1ccc(Br)cn1)c1cc(Cl)cc(Cl)c1. The highest BCUT2D eigenvalue weighted by molar-refractivity contribution is 9.10. The quantitative estimate of drug-likeness (QED) is 0.876. The molecule has 92 valence electrons. The molecule has 0 radical (unpaired) electrons. The summed E-state index contributed by atoms with van der Waals surface area (Å²) in [5.74, 6) is 0.147. The van der Waals surface area contributed by atoms with E-state index in [2.05, 4.69) is 26.2 Å². The molecule has 0 bridgehead atoms. The minimum atomic E-state index is -0.311. The van der Waals surface area contributed by atoms with Crippen molar-refractivity contribution >= 4 is 50.9 Å². The first-order valence-corrected chi connectivity index (χ1v) is 6.48. The third kappa shape index (κ3) is 3.45. The van der Waals surface area contributed by atoms with Crippen molar-refractivity contribution in [3.05, 3.63) is 56.6 Å². The molecule has 0 aliphatic heterocycles. The Hall–Kier alpha value is -1.10. The highest BCUT2D eigenvalue weighted by Crippen LogP contribution is 2.20. The average Bonchev–Trinajstić information content (AvgIpc) is 2.31. The fourth-order valence-corrected chi connectivity index (χ4v) is 2.08. The van der Waals surface area contributed by atoms with Crippen molar-refractivity contribution < 1.29 is 4.79 Å². The molecule has 0 aliphatic carbocycles. The minimum absolute atomic E-state index is 0.311. The third-order valence-corrected chi connectivity index (χ3v) is 3.00. The Bertz CT molecular complexity index is 567. The van der Waals surface area contributed by atoms with Crippen LogP contribution in [0.25, 0.3) is 0 Å². The molecule has 1 amide bonds. The van der Waals surface area contributed by atoms with Crippen molar-refractivity contribution in [2.75, 3.05) is 5.32 Å². The Morgan fingerprint density at radius 1 is 1.17 bits per heavy atom. The van der Waals surface area contributed by atoms with E-state index in [1.54, 1.807) is 36.5 Å². The second kappa shape index (κ2) is 5.69. The predicted octanol–water partition coefficient (Wildman–Crippen LogP) is 4.40. The van der Waals surface area contributed by atoms with E-state index >= 15 is 0 Å². The van der Waals surface area contributed by atoms with Crippen molar-refractivity contribution in [3.8, 4) is 0 Å². The van der Waals surface area contributed by atoms with E-state index in [0.717, 1.165) is 4.47 Å². The third-order valence-electron chi connectivity index (χ3n) is 2.09. The molecule has 0 spiro atoms. The van der Waals surface area contributed by atoms with Gasteiger partial charge < -0.3 is 5.32 Å². The molecule has 1 aromatic carbocycles. The van der Waals surface area contributed by atoms with Crippen molar-refractivity contribution in [1.29, 1.82) is 0 Å². The summed E-state index contributed by atoms with van der Waals surface area (Å²) in [4.78, 5) is 16.0. The van der Waals surface area contributed by atoms with Gasteiger partial charge in [-0.05, 0) is 46.3 Å². The summed E-state index contributed by atoms with van der Waals surface area (Å²) < 4.78 is 0.839. The molecule has 0 atom stereocenters. The molecule has 1 N–H and O–H groups in total. The van der Waals surface area contributed by atoms with Crippen LogP contribution in [0.3, 0.4) is 0 Å². The lowest BCUT2D eigenvalue weighted by Crippen LogP contribution is -2.12. The Labute approximate surface area is 122 Å². The van der Waals surface area contributed by atoms with Gasteiger partial charge in [-0.1, -0.05) is 23.2 Å². The fourth-order valence-electron chi connectivity index (χ4n) is 1.32. The Morgan fingerprint density at radius 3 is 2.39 bits per heavy atom. The number of rotatable bonds is 2. The van der Waals surface area contributed by atoms with Gasteiger partial charge in [0.05, 0.1) is 0 Å². The predicted molar refractivity (Wildman–Crippen MR) is 76.4 cm³/mol. The summed E-state index contributed by atoms with van der Waals surface area (Å²) in [5, 5.41) is 3.48. The molecular formula is C12H7BrCl2N2O. The van der Waals surface area contributed by atoms with Crippen LogP contribution in [0.5, 0.6) is 0 Å². The standard InChI is InChI=1S/C12H7BrCl2N2O/c13-8-1-2-11(16-6-8)17-12(18)7-3-9(14)5-10(15)4-7/h1-6H,(H,16,17,18). The average molecular weight is 346 g/mol. The summed E-state index contributed by atoms with van der Waals surface area (Å²) in [6, 6.07) is 8.13. The maximum Gasteiger partial charge on any atom is 0.256 e. The molecule has 1 heterocycles. The van der Waals surface area contributed by atoms with Crippen LogP contribution in [0.15, 0.2) is 41.0 Å². The lowest BCUT2D eigenvalue weighted by atomic mass is 10.2. The van der Waals surface area contributed by atoms with Gasteiger partial charge >= 0.3 is 0 Å². The highest BCUT2D eigenvalue weighted by atomic mass is 79.9. The number of nitrogens with one attached hydrogen (secondary N) is 1. The van der Waals surface area contributed by atoms with Gasteiger partial charge in [0.15, 0.2) is 0 Å². The Kier molecular flexibility index (Phi) is 4.22. The monoisotopic (exact) mass is 344 g/mol. The number of halogens is 3. The van der Waals surface area contributed by atoms with Crippen molar-refractivity contribution in [3.63, 3.8) is 0 Å². The van der Waals surface area contributed by atoms with Crippen LogP contribution in [0, 0.1) is 0 Å². The second-order valence-corrected chi connectivity index (χ2v) is 5.26. The summed E-state index contributed by atoms with van der Waals surface area (Å²) in [6.45, 7) is 0. The lowest BCUT2D eigenvalue weighted by molar-refractivity contribution is 0.102. The molecular weight excluding hydrogens is 339 g/mol. The molecule has 0 saturated heterocycles. The molecule has 2 rings (SSSR count). The van der Waals surface area contributed by atoms with Crippen molar-refractivity contribution in [2.24, 2.45) is 0 Å². The van der Waals surface area contributed by atoms with E-state index in [4.69, 9.17) is 23.2 Å². The minimum Gasteiger partial charge on any atom is -0.307 e. The molecule has 3 nitrogen and oxygen atoms in total. The van der Waals surface area contributed by atoms with Gasteiger partial charge in [-0.2, -0.15) is 0 Å². The second-order valence-electron chi connectivity index (χ2n) is 3.47. The highest BCUT2D eigenvalue weighted by Gasteiger charge is 2.08. The van der Waals surface area contributed by atoms with E-state index in [0.29, 0.717) is 21.4 Å². The summed E-state index contributed by atoms with van der Waals surface area (Å²) in [7, 11) is 0. The topological polar surface area (TPSA) is 42.0 Å². The smallest absolute Gasteiger partial charge is 0.256 e. The molecule has 0 saturated carbocycles. The van der Waals surface area contributed by atoms with E-state index in [1.165, 1.54) is 0 Å². The summed E-state index contributed by atoms with van der Waals surface area (Å²) >= 11 is 14.9. The number of hydrogen-bond donors (Lipinski definition) is 1. The number of aromatic nitrogens is 1. The fraction of sp³-hybridized carbons (Fsp3) is 0. The zero-order chi connectivity index (χ0) is 13.1. The number of amides is 1. The Morgan fingerprint density at radius 2 is 1.83 bits per heavy atom. The van der Waals surface area contributed by atoms with E-state index in [-0.39, 0.29) is 5.91 Å². The zero-order valence-corrected chi connectivity index (χ0v) is 12.1. The summed E-state index contributed by atoms with van der Waals surface area (Å²) in [6.07, 6.45) is 1.60. The van der Waals surface area contributed by atoms with Gasteiger partial charge in [-0.25, -0.2) is 4.98 Å². The van der Waals surface area contributed by atoms with Crippen molar-refractivity contribution in [2.45, 2.75) is 0 Å². The van der Waals surface area contributed by atoms with Crippen LogP contribution in [0.2, 0.25) is 10.0 Å². The van der Waals surface area contributed by atoms with Gasteiger partial charge in [-0.3, -0.25) is 4.79 Å². The van der Waals surface area contributed by atoms with Crippen LogP contribution in [-0.4, -0.2) is 10.9 Å². The van der Waals surface area contributed by atoms with Crippen LogP contribution in [0.4, 0.5) is 5.82 Å². The molecule has 2 aromatic rings. The number of carbonyl (C=O) groups is 1. The normalized spacial score (nSPS) is 10.2. The molecule has 0 fully saturated rings. The first kappa shape index (κ1) is 13.3. The number of hydrogen-bond acceptors (Lipinski definition) is 2. The molecule has 0 aliphatic rings. The van der Waals surface area contributed by atoms with Crippen LogP contribution >= 0.6 is 39.1 Å². The van der Waals surface area contributed by atoms with Crippen LogP contribution in [-0.2, 0) is 0 Å². The number of pyridine rings is 1. The maximum atomic E-state index is 11.9.